The Labute approximate surface area is 117 Å². The zero-order valence-electron chi connectivity index (χ0n) is 10.6. The molecule has 0 spiro atoms. The zero-order valence-corrected chi connectivity index (χ0v) is 13.0. The quantitative estimate of drug-likeness (QED) is 0.786. The summed E-state index contributed by atoms with van der Waals surface area (Å²) in [5.74, 6) is 1.54. The number of aromatic nitrogens is 1. The fourth-order valence-electron chi connectivity index (χ4n) is 1.66. The van der Waals surface area contributed by atoms with Gasteiger partial charge in [-0.05, 0) is 41.3 Å². The fourth-order valence-corrected chi connectivity index (χ4v) is 2.34. The minimum atomic E-state index is 0.403. The average molecular weight is 320 g/mol. The van der Waals surface area contributed by atoms with Gasteiger partial charge in [0, 0.05) is 16.7 Å². The maximum atomic E-state index is 6.10. The first-order chi connectivity index (χ1) is 7.99. The van der Waals surface area contributed by atoms with E-state index in [1.807, 2.05) is 6.07 Å². The number of hydrogen-bond donors (Lipinski definition) is 1. The second-order valence-electron chi connectivity index (χ2n) is 4.85. The maximum absolute atomic E-state index is 6.10. The highest BCUT2D eigenvalue weighted by atomic mass is 79.9. The largest absolute Gasteiger partial charge is 0.366 e. The van der Waals surface area contributed by atoms with Gasteiger partial charge >= 0.3 is 0 Å². The van der Waals surface area contributed by atoms with Crippen LogP contribution in [-0.2, 0) is 0 Å². The predicted octanol–water partition coefficient (Wildman–Crippen LogP) is 5.12. The van der Waals surface area contributed by atoms with Crippen LogP contribution in [0.3, 0.4) is 0 Å². The van der Waals surface area contributed by atoms with Crippen LogP contribution in [0.4, 0.5) is 5.82 Å². The van der Waals surface area contributed by atoms with E-state index in [2.05, 4.69) is 47.0 Å². The molecule has 1 N–H and O–H groups in total. The maximum Gasteiger partial charge on any atom is 0.145 e. The molecular formula is C13H20BrClN2. The van der Waals surface area contributed by atoms with Crippen LogP contribution in [0, 0.1) is 5.92 Å². The van der Waals surface area contributed by atoms with Crippen molar-refractivity contribution in [3.63, 3.8) is 0 Å². The van der Waals surface area contributed by atoms with E-state index in [0.29, 0.717) is 11.1 Å². The third-order valence-electron chi connectivity index (χ3n) is 2.61. The highest BCUT2D eigenvalue weighted by Gasteiger charge is 2.07. The molecule has 0 aliphatic heterocycles. The Bertz CT molecular complexity index is 355. The van der Waals surface area contributed by atoms with Crippen LogP contribution in [-0.4, -0.2) is 11.0 Å². The van der Waals surface area contributed by atoms with E-state index in [9.17, 15) is 0 Å². The molecule has 0 saturated heterocycles. The first-order valence-corrected chi connectivity index (χ1v) is 7.23. The topological polar surface area (TPSA) is 24.9 Å². The Morgan fingerprint density at radius 3 is 2.65 bits per heavy atom. The van der Waals surface area contributed by atoms with Crippen molar-refractivity contribution in [2.75, 3.05) is 5.32 Å². The van der Waals surface area contributed by atoms with Crippen molar-refractivity contribution in [1.29, 1.82) is 0 Å². The number of anilines is 1. The number of nitrogens with zero attached hydrogens (tertiary/aromatic N) is 1. The number of nitrogens with one attached hydrogen (secondary N) is 1. The normalized spacial score (nSPS) is 12.8. The van der Waals surface area contributed by atoms with Gasteiger partial charge in [0.15, 0.2) is 0 Å². The van der Waals surface area contributed by atoms with E-state index in [1.54, 1.807) is 6.20 Å². The summed E-state index contributed by atoms with van der Waals surface area (Å²) in [7, 11) is 0. The van der Waals surface area contributed by atoms with Crippen LogP contribution in [0.15, 0.2) is 16.7 Å². The van der Waals surface area contributed by atoms with Gasteiger partial charge in [-0.2, -0.15) is 0 Å². The SMILES string of the molecule is CC(C)CCCC(C)Nc1ncc(Br)cc1Cl. The summed E-state index contributed by atoms with van der Waals surface area (Å²) < 4.78 is 0.903. The van der Waals surface area contributed by atoms with Crippen molar-refractivity contribution in [3.05, 3.63) is 21.8 Å². The van der Waals surface area contributed by atoms with Crippen LogP contribution in [0.25, 0.3) is 0 Å². The lowest BCUT2D eigenvalue weighted by atomic mass is 10.0. The molecule has 1 aromatic heterocycles. The van der Waals surface area contributed by atoms with Crippen molar-refractivity contribution in [2.24, 2.45) is 5.92 Å². The summed E-state index contributed by atoms with van der Waals surface area (Å²) in [5.41, 5.74) is 0. The first-order valence-electron chi connectivity index (χ1n) is 6.06. The monoisotopic (exact) mass is 318 g/mol. The Morgan fingerprint density at radius 2 is 2.06 bits per heavy atom. The van der Waals surface area contributed by atoms with Gasteiger partial charge in [-0.3, -0.25) is 0 Å². The molecule has 1 aromatic rings. The molecule has 0 fully saturated rings. The number of hydrogen-bond acceptors (Lipinski definition) is 2. The molecule has 0 aliphatic carbocycles. The Balaban J connectivity index is 2.42. The van der Waals surface area contributed by atoms with Crippen LogP contribution in [0.1, 0.15) is 40.0 Å². The van der Waals surface area contributed by atoms with Crippen molar-refractivity contribution >= 4 is 33.3 Å². The second-order valence-corrected chi connectivity index (χ2v) is 6.18. The van der Waals surface area contributed by atoms with Crippen LogP contribution in [0.5, 0.6) is 0 Å². The van der Waals surface area contributed by atoms with Crippen molar-refractivity contribution in [3.8, 4) is 0 Å². The average Bonchev–Trinajstić information content (AvgIpc) is 2.21. The van der Waals surface area contributed by atoms with Crippen molar-refractivity contribution in [1.82, 2.24) is 4.98 Å². The molecule has 4 heteroatoms. The molecule has 2 nitrogen and oxygen atoms in total. The lowest BCUT2D eigenvalue weighted by Crippen LogP contribution is -2.16. The molecule has 1 rings (SSSR count). The van der Waals surface area contributed by atoms with Crippen LogP contribution < -0.4 is 5.32 Å². The molecular weight excluding hydrogens is 300 g/mol. The highest BCUT2D eigenvalue weighted by Crippen LogP contribution is 2.24. The van der Waals surface area contributed by atoms with E-state index in [4.69, 9.17) is 11.6 Å². The van der Waals surface area contributed by atoms with Gasteiger partial charge in [0.25, 0.3) is 0 Å². The third-order valence-corrected chi connectivity index (χ3v) is 3.33. The summed E-state index contributed by atoms with van der Waals surface area (Å²) in [6.07, 6.45) is 5.41. The van der Waals surface area contributed by atoms with Gasteiger partial charge in [0.1, 0.15) is 5.82 Å². The summed E-state index contributed by atoms with van der Waals surface area (Å²) in [6, 6.07) is 2.26. The fraction of sp³-hybridized carbons (Fsp3) is 0.615. The summed E-state index contributed by atoms with van der Waals surface area (Å²) in [5, 5.41) is 4.01. The Hall–Kier alpha value is -0.280. The molecule has 0 amide bonds. The van der Waals surface area contributed by atoms with E-state index < -0.39 is 0 Å². The summed E-state index contributed by atoms with van der Waals surface area (Å²) in [4.78, 5) is 4.27. The van der Waals surface area contributed by atoms with Gasteiger partial charge in [0.2, 0.25) is 0 Å². The Morgan fingerprint density at radius 1 is 1.35 bits per heavy atom. The standard InChI is InChI=1S/C13H20BrClN2/c1-9(2)5-4-6-10(3)17-13-12(15)7-11(14)8-16-13/h7-10H,4-6H2,1-3H3,(H,16,17). The van der Waals surface area contributed by atoms with Crippen LogP contribution in [0.2, 0.25) is 5.02 Å². The number of rotatable bonds is 6. The van der Waals surface area contributed by atoms with Gasteiger partial charge < -0.3 is 5.32 Å². The predicted molar refractivity (Wildman–Crippen MR) is 78.7 cm³/mol. The molecule has 17 heavy (non-hydrogen) atoms. The molecule has 0 aliphatic rings. The third kappa shape index (κ3) is 5.73. The van der Waals surface area contributed by atoms with Gasteiger partial charge in [-0.1, -0.05) is 38.3 Å². The summed E-state index contributed by atoms with van der Waals surface area (Å²) in [6.45, 7) is 6.68. The minimum absolute atomic E-state index is 0.403. The molecule has 1 heterocycles. The van der Waals surface area contributed by atoms with E-state index >= 15 is 0 Å². The number of halogens is 2. The van der Waals surface area contributed by atoms with Crippen molar-refractivity contribution in [2.45, 2.75) is 46.1 Å². The van der Waals surface area contributed by atoms with Gasteiger partial charge in [-0.25, -0.2) is 4.98 Å². The highest BCUT2D eigenvalue weighted by molar-refractivity contribution is 9.10. The van der Waals surface area contributed by atoms with Crippen molar-refractivity contribution < 1.29 is 0 Å². The lowest BCUT2D eigenvalue weighted by Gasteiger charge is -2.16. The zero-order chi connectivity index (χ0) is 12.8. The lowest BCUT2D eigenvalue weighted by molar-refractivity contribution is 0.520. The Kier molecular flexibility index (Phi) is 6.28. The minimum Gasteiger partial charge on any atom is -0.366 e. The van der Waals surface area contributed by atoms with E-state index in [-0.39, 0.29) is 0 Å². The van der Waals surface area contributed by atoms with Crippen LogP contribution >= 0.6 is 27.5 Å². The molecule has 0 bridgehead atoms. The summed E-state index contributed by atoms with van der Waals surface area (Å²) >= 11 is 9.45. The van der Waals surface area contributed by atoms with Gasteiger partial charge in [-0.15, -0.1) is 0 Å². The van der Waals surface area contributed by atoms with Gasteiger partial charge in [0.05, 0.1) is 5.02 Å². The molecule has 1 unspecified atom stereocenters. The van der Waals surface area contributed by atoms with E-state index in [1.165, 1.54) is 12.8 Å². The number of pyridine rings is 1. The molecule has 1 atom stereocenters. The molecule has 0 aromatic carbocycles. The smallest absolute Gasteiger partial charge is 0.145 e. The first kappa shape index (κ1) is 14.8. The molecule has 96 valence electrons. The second kappa shape index (κ2) is 7.22. The molecule has 0 radical (unpaired) electrons. The molecule has 0 saturated carbocycles. The van der Waals surface area contributed by atoms with E-state index in [0.717, 1.165) is 22.6 Å².